The summed E-state index contributed by atoms with van der Waals surface area (Å²) in [5, 5.41) is 12.6. The summed E-state index contributed by atoms with van der Waals surface area (Å²) >= 11 is 0. The number of likely N-dealkylation sites (N-methyl/N-ethyl adjacent to an activating group) is 1. The fraction of sp³-hybridized carbons (Fsp3) is 0.533. The fourth-order valence-electron chi connectivity index (χ4n) is 2.68. The van der Waals surface area contributed by atoms with Crippen LogP contribution in [0.5, 0.6) is 0 Å². The molecule has 0 aromatic heterocycles. The van der Waals surface area contributed by atoms with E-state index >= 15 is 0 Å². The molecule has 0 atom stereocenters. The number of rotatable bonds is 6. The van der Waals surface area contributed by atoms with Crippen LogP contribution in [0.25, 0.3) is 0 Å². The van der Waals surface area contributed by atoms with Gasteiger partial charge in [-0.05, 0) is 45.0 Å². The van der Waals surface area contributed by atoms with Gasteiger partial charge in [-0.2, -0.15) is 0 Å². The third kappa shape index (κ3) is 2.96. The number of carboxylic acids is 1. The van der Waals surface area contributed by atoms with E-state index in [2.05, 4.69) is 24.3 Å². The van der Waals surface area contributed by atoms with Gasteiger partial charge in [0.25, 0.3) is 0 Å². The standard InChI is InChI=1S/C15H22N2O2/c1-17(2)15(8-5-9-15)11-16-10-12-6-3-4-7-13(12)14(18)19/h3-4,6-7,16H,5,8-11H2,1-2H3,(H,18,19). The van der Waals surface area contributed by atoms with E-state index in [0.717, 1.165) is 12.1 Å². The van der Waals surface area contributed by atoms with E-state index in [1.54, 1.807) is 12.1 Å². The van der Waals surface area contributed by atoms with Gasteiger partial charge in [-0.15, -0.1) is 0 Å². The fourth-order valence-corrected chi connectivity index (χ4v) is 2.68. The molecule has 1 aliphatic rings. The summed E-state index contributed by atoms with van der Waals surface area (Å²) in [7, 11) is 4.23. The van der Waals surface area contributed by atoms with Gasteiger partial charge in [-0.1, -0.05) is 18.2 Å². The molecule has 1 fully saturated rings. The van der Waals surface area contributed by atoms with Crippen LogP contribution in [0.15, 0.2) is 24.3 Å². The summed E-state index contributed by atoms with van der Waals surface area (Å²) in [5.41, 5.74) is 1.50. The van der Waals surface area contributed by atoms with Gasteiger partial charge >= 0.3 is 5.97 Å². The highest BCUT2D eigenvalue weighted by molar-refractivity contribution is 5.89. The van der Waals surface area contributed by atoms with Crippen molar-refractivity contribution >= 4 is 5.97 Å². The maximum absolute atomic E-state index is 11.1. The molecular weight excluding hydrogens is 240 g/mol. The molecule has 0 saturated heterocycles. The van der Waals surface area contributed by atoms with E-state index in [1.807, 2.05) is 12.1 Å². The Balaban J connectivity index is 1.94. The zero-order chi connectivity index (χ0) is 13.9. The molecule has 1 aromatic carbocycles. The number of hydrogen-bond acceptors (Lipinski definition) is 3. The van der Waals surface area contributed by atoms with E-state index < -0.39 is 5.97 Å². The Hall–Kier alpha value is -1.39. The zero-order valence-corrected chi connectivity index (χ0v) is 11.6. The van der Waals surface area contributed by atoms with Crippen LogP contribution >= 0.6 is 0 Å². The molecule has 1 aromatic rings. The first kappa shape index (κ1) is 14.0. The van der Waals surface area contributed by atoms with Gasteiger partial charge in [0.2, 0.25) is 0 Å². The highest BCUT2D eigenvalue weighted by Gasteiger charge is 2.38. The van der Waals surface area contributed by atoms with Gasteiger partial charge in [0.1, 0.15) is 0 Å². The number of nitrogens with zero attached hydrogens (tertiary/aromatic N) is 1. The van der Waals surface area contributed by atoms with E-state index in [1.165, 1.54) is 19.3 Å². The Morgan fingerprint density at radius 3 is 2.58 bits per heavy atom. The van der Waals surface area contributed by atoms with Gasteiger partial charge in [-0.3, -0.25) is 0 Å². The molecule has 0 radical (unpaired) electrons. The predicted molar refractivity (Wildman–Crippen MR) is 75.4 cm³/mol. The molecule has 4 heteroatoms. The molecule has 0 bridgehead atoms. The Morgan fingerprint density at radius 1 is 1.37 bits per heavy atom. The van der Waals surface area contributed by atoms with Crippen molar-refractivity contribution in [3.63, 3.8) is 0 Å². The monoisotopic (exact) mass is 262 g/mol. The summed E-state index contributed by atoms with van der Waals surface area (Å²) in [5.74, 6) is -0.858. The van der Waals surface area contributed by atoms with Crippen molar-refractivity contribution in [2.24, 2.45) is 0 Å². The van der Waals surface area contributed by atoms with Crippen LogP contribution in [0.4, 0.5) is 0 Å². The topological polar surface area (TPSA) is 52.6 Å². The van der Waals surface area contributed by atoms with Crippen LogP contribution in [0, 0.1) is 0 Å². The normalized spacial score (nSPS) is 17.2. The summed E-state index contributed by atoms with van der Waals surface area (Å²) in [6.07, 6.45) is 3.72. The Kier molecular flexibility index (Phi) is 4.22. The van der Waals surface area contributed by atoms with Crippen LogP contribution in [-0.4, -0.2) is 42.2 Å². The van der Waals surface area contributed by atoms with Crippen molar-refractivity contribution in [3.8, 4) is 0 Å². The molecule has 2 N–H and O–H groups in total. The molecular formula is C15H22N2O2. The van der Waals surface area contributed by atoms with Crippen molar-refractivity contribution < 1.29 is 9.90 Å². The molecule has 0 unspecified atom stereocenters. The predicted octanol–water partition coefficient (Wildman–Crippen LogP) is 1.96. The summed E-state index contributed by atoms with van der Waals surface area (Å²) in [6.45, 7) is 1.52. The molecule has 0 aliphatic heterocycles. The summed E-state index contributed by atoms with van der Waals surface area (Å²) in [6, 6.07) is 7.18. The second-order valence-electron chi connectivity index (χ2n) is 5.54. The molecule has 0 heterocycles. The molecule has 1 aliphatic carbocycles. The van der Waals surface area contributed by atoms with Crippen LogP contribution in [-0.2, 0) is 6.54 Å². The van der Waals surface area contributed by atoms with Crippen molar-refractivity contribution in [1.82, 2.24) is 10.2 Å². The first-order valence-electron chi connectivity index (χ1n) is 6.74. The van der Waals surface area contributed by atoms with Gasteiger partial charge in [0, 0.05) is 18.6 Å². The summed E-state index contributed by atoms with van der Waals surface area (Å²) < 4.78 is 0. The van der Waals surface area contributed by atoms with E-state index in [0.29, 0.717) is 12.1 Å². The molecule has 1 saturated carbocycles. The van der Waals surface area contributed by atoms with Gasteiger partial charge in [0.05, 0.1) is 5.56 Å². The molecule has 0 spiro atoms. The third-order valence-corrected chi connectivity index (χ3v) is 4.25. The molecule has 19 heavy (non-hydrogen) atoms. The van der Waals surface area contributed by atoms with Crippen molar-refractivity contribution in [1.29, 1.82) is 0 Å². The Bertz CT molecular complexity index is 453. The lowest BCUT2D eigenvalue weighted by molar-refractivity contribution is 0.0597. The number of nitrogens with one attached hydrogen (secondary N) is 1. The quantitative estimate of drug-likeness (QED) is 0.823. The van der Waals surface area contributed by atoms with Crippen molar-refractivity contribution in [2.75, 3.05) is 20.6 Å². The van der Waals surface area contributed by atoms with Gasteiger partial charge < -0.3 is 15.3 Å². The van der Waals surface area contributed by atoms with Crippen molar-refractivity contribution in [3.05, 3.63) is 35.4 Å². The van der Waals surface area contributed by atoms with Gasteiger partial charge in [0.15, 0.2) is 0 Å². The second kappa shape index (κ2) is 5.72. The number of carboxylic acid groups (broad SMARTS) is 1. The smallest absolute Gasteiger partial charge is 0.336 e. The minimum Gasteiger partial charge on any atom is -0.478 e. The van der Waals surface area contributed by atoms with E-state index in [-0.39, 0.29) is 5.54 Å². The second-order valence-corrected chi connectivity index (χ2v) is 5.54. The Morgan fingerprint density at radius 2 is 2.05 bits per heavy atom. The maximum Gasteiger partial charge on any atom is 0.336 e. The lowest BCUT2D eigenvalue weighted by atomic mass is 9.75. The lowest BCUT2D eigenvalue weighted by Crippen LogP contribution is -2.56. The molecule has 104 valence electrons. The van der Waals surface area contributed by atoms with Crippen LogP contribution in [0.1, 0.15) is 35.2 Å². The number of hydrogen-bond donors (Lipinski definition) is 2. The average Bonchev–Trinajstić information content (AvgIpc) is 2.32. The number of aromatic carboxylic acids is 1. The van der Waals surface area contributed by atoms with Crippen LogP contribution in [0.2, 0.25) is 0 Å². The van der Waals surface area contributed by atoms with Gasteiger partial charge in [-0.25, -0.2) is 4.79 Å². The highest BCUT2D eigenvalue weighted by atomic mass is 16.4. The van der Waals surface area contributed by atoms with Crippen LogP contribution < -0.4 is 5.32 Å². The average molecular weight is 262 g/mol. The van der Waals surface area contributed by atoms with E-state index in [9.17, 15) is 4.79 Å². The van der Waals surface area contributed by atoms with Crippen molar-refractivity contribution in [2.45, 2.75) is 31.3 Å². The first-order chi connectivity index (χ1) is 9.05. The molecule has 4 nitrogen and oxygen atoms in total. The number of carbonyl (C=O) groups is 1. The zero-order valence-electron chi connectivity index (χ0n) is 11.6. The van der Waals surface area contributed by atoms with E-state index in [4.69, 9.17) is 5.11 Å². The SMILES string of the molecule is CN(C)C1(CNCc2ccccc2C(=O)O)CCC1. The molecule has 2 rings (SSSR count). The minimum absolute atomic E-state index is 0.262. The highest BCUT2D eigenvalue weighted by Crippen LogP contribution is 2.35. The molecule has 0 amide bonds. The first-order valence-corrected chi connectivity index (χ1v) is 6.74. The van der Waals surface area contributed by atoms with Crippen LogP contribution in [0.3, 0.4) is 0 Å². The third-order valence-electron chi connectivity index (χ3n) is 4.25. The minimum atomic E-state index is -0.858. The lowest BCUT2D eigenvalue weighted by Gasteiger charge is -2.47. The largest absolute Gasteiger partial charge is 0.478 e. The number of benzene rings is 1. The maximum atomic E-state index is 11.1. The Labute approximate surface area is 114 Å². The summed E-state index contributed by atoms with van der Waals surface area (Å²) in [4.78, 5) is 13.4.